The molecule has 94 valence electrons. The maximum absolute atomic E-state index is 11.8. The molecule has 0 aliphatic carbocycles. The summed E-state index contributed by atoms with van der Waals surface area (Å²) in [6.07, 6.45) is -4.84. The number of halogens is 3. The van der Waals surface area contributed by atoms with Crippen LogP contribution in [0.15, 0.2) is 0 Å². The van der Waals surface area contributed by atoms with Crippen molar-refractivity contribution in [3.63, 3.8) is 0 Å². The monoisotopic (exact) mass is 241 g/mol. The minimum absolute atomic E-state index is 0.391. The highest BCUT2D eigenvalue weighted by molar-refractivity contribution is 5.87. The molecule has 0 aliphatic heterocycles. The second-order valence-corrected chi connectivity index (χ2v) is 3.35. The zero-order chi connectivity index (χ0) is 12.9. The zero-order valence-corrected chi connectivity index (χ0v) is 9.22. The van der Waals surface area contributed by atoms with E-state index in [0.717, 1.165) is 6.92 Å². The number of hydrogen-bond donors (Lipinski definition) is 1. The van der Waals surface area contributed by atoms with E-state index in [0.29, 0.717) is 6.42 Å². The van der Waals surface area contributed by atoms with Crippen LogP contribution in [0.3, 0.4) is 0 Å². The number of carbonyl (C=O) groups excluding carboxylic acids is 2. The third-order valence-corrected chi connectivity index (χ3v) is 1.85. The molecule has 0 unspecified atom stereocenters. The van der Waals surface area contributed by atoms with Gasteiger partial charge in [-0.2, -0.15) is 13.2 Å². The predicted octanol–water partition coefficient (Wildman–Crippen LogP) is 1.40. The summed E-state index contributed by atoms with van der Waals surface area (Å²) in [6.45, 7) is 4.50. The van der Waals surface area contributed by atoms with Gasteiger partial charge >= 0.3 is 18.1 Å². The highest BCUT2D eigenvalue weighted by Gasteiger charge is 2.40. The summed E-state index contributed by atoms with van der Waals surface area (Å²) >= 11 is 0. The Kier molecular flexibility index (Phi) is 5.26. The summed E-state index contributed by atoms with van der Waals surface area (Å²) in [4.78, 5) is 21.7. The number of amides is 1. The highest BCUT2D eigenvalue weighted by atomic mass is 19.4. The molecule has 0 heterocycles. The number of rotatable bonds is 4. The number of hydrogen-bond acceptors (Lipinski definition) is 3. The van der Waals surface area contributed by atoms with Gasteiger partial charge in [0.15, 0.2) is 0 Å². The number of esters is 1. The summed E-state index contributed by atoms with van der Waals surface area (Å²) < 4.78 is 40.3. The molecule has 0 aromatic carbocycles. The molecule has 7 heteroatoms. The summed E-state index contributed by atoms with van der Waals surface area (Å²) in [5.74, 6) is -3.03. The molecule has 0 radical (unpaired) electrons. The SMILES string of the molecule is CC[C@H](C)OC(=O)[C@@H](C)NC(=O)C(F)(F)F. The smallest absolute Gasteiger partial charge is 0.461 e. The second-order valence-electron chi connectivity index (χ2n) is 3.35. The van der Waals surface area contributed by atoms with Crippen molar-refractivity contribution in [1.29, 1.82) is 0 Å². The molecule has 0 saturated heterocycles. The van der Waals surface area contributed by atoms with E-state index < -0.39 is 30.2 Å². The fraction of sp³-hybridized carbons (Fsp3) is 0.778. The summed E-state index contributed by atoms with van der Waals surface area (Å²) in [5, 5.41) is 1.51. The van der Waals surface area contributed by atoms with E-state index in [1.54, 1.807) is 13.8 Å². The molecular weight excluding hydrogens is 227 g/mol. The van der Waals surface area contributed by atoms with Crippen LogP contribution in [-0.4, -0.2) is 30.2 Å². The Morgan fingerprint density at radius 3 is 2.19 bits per heavy atom. The quantitative estimate of drug-likeness (QED) is 0.757. The molecule has 0 aromatic rings. The Bertz CT molecular complexity index is 265. The Hall–Kier alpha value is -1.27. The third-order valence-electron chi connectivity index (χ3n) is 1.85. The first-order chi connectivity index (χ1) is 7.18. The molecule has 1 N–H and O–H groups in total. The van der Waals surface area contributed by atoms with Crippen molar-refractivity contribution in [1.82, 2.24) is 5.32 Å². The lowest BCUT2D eigenvalue weighted by atomic mass is 10.3. The van der Waals surface area contributed by atoms with Crippen LogP contribution >= 0.6 is 0 Å². The molecule has 0 saturated carbocycles. The predicted molar refractivity (Wildman–Crippen MR) is 49.5 cm³/mol. The van der Waals surface area contributed by atoms with E-state index in [2.05, 4.69) is 0 Å². The topological polar surface area (TPSA) is 55.4 Å². The first-order valence-electron chi connectivity index (χ1n) is 4.76. The van der Waals surface area contributed by atoms with Gasteiger partial charge in [-0.25, -0.2) is 4.79 Å². The minimum atomic E-state index is -5.00. The Labute approximate surface area is 91.1 Å². The first kappa shape index (κ1) is 14.7. The van der Waals surface area contributed by atoms with Gasteiger partial charge in [-0.05, 0) is 20.3 Å². The average Bonchev–Trinajstić information content (AvgIpc) is 2.15. The van der Waals surface area contributed by atoms with Gasteiger partial charge in [-0.3, -0.25) is 4.79 Å². The van der Waals surface area contributed by atoms with E-state index in [1.807, 2.05) is 0 Å². The third kappa shape index (κ3) is 4.99. The molecule has 4 nitrogen and oxygen atoms in total. The van der Waals surface area contributed by atoms with Crippen LogP contribution in [0.25, 0.3) is 0 Å². The van der Waals surface area contributed by atoms with Crippen molar-refractivity contribution in [2.24, 2.45) is 0 Å². The van der Waals surface area contributed by atoms with Crippen molar-refractivity contribution >= 4 is 11.9 Å². The lowest BCUT2D eigenvalue weighted by Gasteiger charge is -2.17. The Morgan fingerprint density at radius 2 is 1.81 bits per heavy atom. The first-order valence-corrected chi connectivity index (χ1v) is 4.76. The van der Waals surface area contributed by atoms with E-state index in [9.17, 15) is 22.8 Å². The maximum Gasteiger partial charge on any atom is 0.471 e. The van der Waals surface area contributed by atoms with Crippen LogP contribution < -0.4 is 5.32 Å². The van der Waals surface area contributed by atoms with Crippen molar-refractivity contribution in [3.8, 4) is 0 Å². The van der Waals surface area contributed by atoms with Crippen LogP contribution in [-0.2, 0) is 14.3 Å². The molecule has 1 amide bonds. The summed E-state index contributed by atoms with van der Waals surface area (Å²) in [6, 6.07) is -1.32. The van der Waals surface area contributed by atoms with Crippen LogP contribution in [0.5, 0.6) is 0 Å². The lowest BCUT2D eigenvalue weighted by Crippen LogP contribution is -2.46. The van der Waals surface area contributed by atoms with E-state index in [1.165, 1.54) is 5.32 Å². The van der Waals surface area contributed by atoms with Crippen LogP contribution in [0.1, 0.15) is 27.2 Å². The van der Waals surface area contributed by atoms with Gasteiger partial charge in [0.05, 0.1) is 6.10 Å². The maximum atomic E-state index is 11.8. The van der Waals surface area contributed by atoms with E-state index in [4.69, 9.17) is 4.74 Å². The van der Waals surface area contributed by atoms with Crippen LogP contribution in [0.2, 0.25) is 0 Å². The van der Waals surface area contributed by atoms with Gasteiger partial charge < -0.3 is 10.1 Å². The number of nitrogens with one attached hydrogen (secondary N) is 1. The lowest BCUT2D eigenvalue weighted by molar-refractivity contribution is -0.176. The average molecular weight is 241 g/mol. The van der Waals surface area contributed by atoms with Gasteiger partial charge in [-0.1, -0.05) is 6.92 Å². The van der Waals surface area contributed by atoms with E-state index >= 15 is 0 Å². The van der Waals surface area contributed by atoms with Crippen molar-refractivity contribution in [3.05, 3.63) is 0 Å². The van der Waals surface area contributed by atoms with E-state index in [-0.39, 0.29) is 0 Å². The largest absolute Gasteiger partial charge is 0.471 e. The molecule has 16 heavy (non-hydrogen) atoms. The highest BCUT2D eigenvalue weighted by Crippen LogP contribution is 2.14. The Morgan fingerprint density at radius 1 is 1.31 bits per heavy atom. The number of ether oxygens (including phenoxy) is 1. The summed E-state index contributed by atoms with van der Waals surface area (Å²) in [5.41, 5.74) is 0. The molecule has 0 rings (SSSR count). The molecule has 2 atom stereocenters. The fourth-order valence-corrected chi connectivity index (χ4v) is 0.721. The zero-order valence-electron chi connectivity index (χ0n) is 9.22. The van der Waals surface area contributed by atoms with Gasteiger partial charge in [0, 0.05) is 0 Å². The molecule has 0 aromatic heterocycles. The number of alkyl halides is 3. The minimum Gasteiger partial charge on any atom is -0.461 e. The van der Waals surface area contributed by atoms with Crippen LogP contribution in [0, 0.1) is 0 Å². The van der Waals surface area contributed by atoms with Crippen molar-refractivity contribution in [2.45, 2.75) is 45.5 Å². The standard InChI is InChI=1S/C9H14F3NO3/c1-4-5(2)16-7(14)6(3)13-8(15)9(10,11)12/h5-6H,4H2,1-3H3,(H,13,15)/t5-,6+/m0/s1. The molecule has 0 spiro atoms. The van der Waals surface area contributed by atoms with Crippen molar-refractivity contribution in [2.75, 3.05) is 0 Å². The Balaban J connectivity index is 4.21. The second kappa shape index (κ2) is 5.72. The fourth-order valence-electron chi connectivity index (χ4n) is 0.721. The van der Waals surface area contributed by atoms with Crippen molar-refractivity contribution < 1.29 is 27.5 Å². The normalized spacial score (nSPS) is 15.1. The van der Waals surface area contributed by atoms with Gasteiger partial charge in [0.1, 0.15) is 6.04 Å². The molecule has 0 bridgehead atoms. The summed E-state index contributed by atoms with van der Waals surface area (Å²) in [7, 11) is 0. The van der Waals surface area contributed by atoms with Gasteiger partial charge in [0.2, 0.25) is 0 Å². The molecular formula is C9H14F3NO3. The van der Waals surface area contributed by atoms with Gasteiger partial charge in [-0.15, -0.1) is 0 Å². The van der Waals surface area contributed by atoms with Gasteiger partial charge in [0.25, 0.3) is 0 Å². The number of carbonyl (C=O) groups is 2. The van der Waals surface area contributed by atoms with Crippen LogP contribution in [0.4, 0.5) is 13.2 Å². The molecule has 0 fully saturated rings. The molecule has 0 aliphatic rings.